The maximum absolute atomic E-state index is 13.3. The quantitative estimate of drug-likeness (QED) is 0.150. The van der Waals surface area contributed by atoms with E-state index in [2.05, 4.69) is 46.1 Å². The van der Waals surface area contributed by atoms with Crippen LogP contribution in [0.3, 0.4) is 0 Å². The lowest BCUT2D eigenvalue weighted by atomic mass is 9.94. The number of aromatic nitrogens is 1. The van der Waals surface area contributed by atoms with E-state index in [4.69, 9.17) is 21.1 Å². The van der Waals surface area contributed by atoms with Crippen molar-refractivity contribution in [1.29, 1.82) is 10.5 Å². The molecule has 2 saturated heterocycles. The third-order valence-electron chi connectivity index (χ3n) is 9.26. The van der Waals surface area contributed by atoms with E-state index in [1.165, 1.54) is 0 Å². The Labute approximate surface area is 277 Å². The average molecular weight is 645 g/mol. The van der Waals surface area contributed by atoms with Crippen LogP contribution < -0.4 is 15.1 Å². The van der Waals surface area contributed by atoms with E-state index in [-0.39, 0.29) is 18.2 Å². The molecule has 2 aliphatic rings. The van der Waals surface area contributed by atoms with Gasteiger partial charge in [0.1, 0.15) is 12.1 Å². The van der Waals surface area contributed by atoms with Gasteiger partial charge in [-0.2, -0.15) is 10.5 Å². The van der Waals surface area contributed by atoms with Crippen LogP contribution in [0.2, 0.25) is 5.02 Å². The number of H-pyrrole nitrogens is 1. The lowest BCUT2D eigenvalue weighted by Gasteiger charge is -2.37. The third kappa shape index (κ3) is 7.78. The molecule has 46 heavy (non-hydrogen) atoms. The molecule has 2 fully saturated rings. The Kier molecular flexibility index (Phi) is 11.8. The number of carbonyl (C=O) groups excluding carboxylic acids is 1. The molecular formula is C36H45ClN6O3. The number of unbranched alkanes of at least 4 members (excludes halogenated alkanes) is 2. The number of nitrogens with one attached hydrogen (secondary N) is 2. The lowest BCUT2D eigenvalue weighted by Crippen LogP contribution is -2.44. The van der Waals surface area contributed by atoms with Crippen molar-refractivity contribution >= 4 is 39.8 Å². The van der Waals surface area contributed by atoms with Crippen LogP contribution in [0.15, 0.2) is 36.5 Å². The molecule has 2 aliphatic heterocycles. The minimum Gasteiger partial charge on any atom is -0.370 e. The number of nitriles is 2. The minimum absolute atomic E-state index is 0.0288. The Morgan fingerprint density at radius 3 is 2.17 bits per heavy atom. The van der Waals surface area contributed by atoms with Gasteiger partial charge in [-0.05, 0) is 68.9 Å². The highest BCUT2D eigenvalue weighted by molar-refractivity contribution is 6.36. The van der Waals surface area contributed by atoms with E-state index >= 15 is 0 Å². The molecule has 0 unspecified atom stereocenters. The maximum atomic E-state index is 13.3. The molecule has 0 saturated carbocycles. The van der Waals surface area contributed by atoms with Crippen LogP contribution in [-0.4, -0.2) is 62.6 Å². The van der Waals surface area contributed by atoms with E-state index in [0.717, 1.165) is 113 Å². The predicted molar refractivity (Wildman–Crippen MR) is 182 cm³/mol. The van der Waals surface area contributed by atoms with Crippen LogP contribution >= 0.6 is 11.6 Å². The number of nitrogens with zero attached hydrogens (tertiary/aromatic N) is 4. The first-order valence-corrected chi connectivity index (χ1v) is 17.1. The number of hydrogen-bond acceptors (Lipinski definition) is 7. The Morgan fingerprint density at radius 2 is 1.54 bits per heavy atom. The van der Waals surface area contributed by atoms with Gasteiger partial charge in [0.15, 0.2) is 6.29 Å². The zero-order valence-electron chi connectivity index (χ0n) is 27.0. The summed E-state index contributed by atoms with van der Waals surface area (Å²) >= 11 is 6.39. The summed E-state index contributed by atoms with van der Waals surface area (Å²) in [6, 6.07) is 13.9. The number of halogens is 1. The smallest absolute Gasteiger partial charge is 0.251 e. The number of ether oxygens (including phenoxy) is 2. The standard InChI is InChI=1S/C36H45ClN6O3/c1-3-5-19-45-36(46-20-6-4-2)25-11-15-42(16-12-25)31-9-7-26(21-27(31)22-38)35(44)41-29-13-17-43(18-14-29)32-10-8-30(37)33-28(23-39)24-40-34(32)33/h7-10,21,24-25,29,36,40H,3-6,11-20H2,1-2H3,(H,41,44). The monoisotopic (exact) mass is 644 g/mol. The largest absolute Gasteiger partial charge is 0.370 e. The number of hydrogen-bond donors (Lipinski definition) is 2. The lowest BCUT2D eigenvalue weighted by molar-refractivity contribution is -0.177. The minimum atomic E-state index is -0.175. The number of benzene rings is 2. The summed E-state index contributed by atoms with van der Waals surface area (Å²) in [6.45, 7) is 8.91. The van der Waals surface area contributed by atoms with Crippen LogP contribution in [0.1, 0.15) is 86.7 Å². The van der Waals surface area contributed by atoms with Gasteiger partial charge in [-0.3, -0.25) is 4.79 Å². The molecule has 0 atom stereocenters. The van der Waals surface area contributed by atoms with E-state index in [0.29, 0.717) is 27.6 Å². The Morgan fingerprint density at radius 1 is 0.935 bits per heavy atom. The van der Waals surface area contributed by atoms with Crippen molar-refractivity contribution in [2.75, 3.05) is 49.2 Å². The number of aromatic amines is 1. The molecular weight excluding hydrogens is 600 g/mol. The number of rotatable bonds is 13. The highest BCUT2D eigenvalue weighted by atomic mass is 35.5. The fourth-order valence-electron chi connectivity index (χ4n) is 6.54. The highest BCUT2D eigenvalue weighted by Gasteiger charge is 2.29. The summed E-state index contributed by atoms with van der Waals surface area (Å²) in [5, 5.41) is 24.0. The molecule has 244 valence electrons. The van der Waals surface area contributed by atoms with Crippen LogP contribution in [0, 0.1) is 28.6 Å². The van der Waals surface area contributed by atoms with Gasteiger partial charge in [-0.15, -0.1) is 0 Å². The molecule has 9 nitrogen and oxygen atoms in total. The van der Waals surface area contributed by atoms with Crippen molar-refractivity contribution in [3.05, 3.63) is 58.2 Å². The van der Waals surface area contributed by atoms with Gasteiger partial charge < -0.3 is 29.6 Å². The Balaban J connectivity index is 1.16. The normalized spacial score (nSPS) is 16.1. The van der Waals surface area contributed by atoms with Crippen LogP contribution in [0.4, 0.5) is 11.4 Å². The molecule has 5 rings (SSSR count). The second kappa shape index (κ2) is 16.2. The molecule has 1 amide bonds. The number of piperidine rings is 2. The first-order valence-electron chi connectivity index (χ1n) is 16.7. The van der Waals surface area contributed by atoms with Gasteiger partial charge in [0.25, 0.3) is 5.91 Å². The first kappa shape index (κ1) is 33.6. The first-order chi connectivity index (χ1) is 22.5. The topological polar surface area (TPSA) is 117 Å². The summed E-state index contributed by atoms with van der Waals surface area (Å²) in [5.41, 5.74) is 4.29. The zero-order valence-corrected chi connectivity index (χ0v) is 27.7. The molecule has 0 aliphatic carbocycles. The summed E-state index contributed by atoms with van der Waals surface area (Å²) in [4.78, 5) is 21.0. The highest BCUT2D eigenvalue weighted by Crippen LogP contribution is 2.35. The average Bonchev–Trinajstić information content (AvgIpc) is 3.53. The maximum Gasteiger partial charge on any atom is 0.251 e. The third-order valence-corrected chi connectivity index (χ3v) is 9.57. The SMILES string of the molecule is CCCCOC(OCCCC)C1CCN(c2ccc(C(=O)NC3CCN(c4ccc(Cl)c5c(C#N)c[nH]c45)CC3)cc2C#N)CC1. The summed E-state index contributed by atoms with van der Waals surface area (Å²) in [5.74, 6) is 0.170. The van der Waals surface area contributed by atoms with Crippen molar-refractivity contribution < 1.29 is 14.3 Å². The molecule has 2 N–H and O–H groups in total. The second-order valence-electron chi connectivity index (χ2n) is 12.4. The predicted octanol–water partition coefficient (Wildman–Crippen LogP) is 7.14. The van der Waals surface area contributed by atoms with Crippen LogP contribution in [-0.2, 0) is 9.47 Å². The molecule has 0 bridgehead atoms. The van der Waals surface area contributed by atoms with Crippen molar-refractivity contribution in [2.24, 2.45) is 5.92 Å². The molecule has 2 aromatic carbocycles. The van der Waals surface area contributed by atoms with E-state index in [1.54, 1.807) is 12.3 Å². The summed E-state index contributed by atoms with van der Waals surface area (Å²) < 4.78 is 12.3. The molecule has 1 aromatic heterocycles. The van der Waals surface area contributed by atoms with Crippen molar-refractivity contribution in [3.63, 3.8) is 0 Å². The van der Waals surface area contributed by atoms with Crippen LogP contribution in [0.5, 0.6) is 0 Å². The van der Waals surface area contributed by atoms with Gasteiger partial charge in [-0.1, -0.05) is 38.3 Å². The van der Waals surface area contributed by atoms with Crippen LogP contribution in [0.25, 0.3) is 10.9 Å². The Bertz CT molecular complexity index is 1550. The number of anilines is 2. The van der Waals surface area contributed by atoms with E-state index in [9.17, 15) is 15.3 Å². The van der Waals surface area contributed by atoms with E-state index in [1.807, 2.05) is 24.3 Å². The molecule has 0 spiro atoms. The van der Waals surface area contributed by atoms with Gasteiger partial charge in [0.05, 0.1) is 33.0 Å². The van der Waals surface area contributed by atoms with Gasteiger partial charge >= 0.3 is 0 Å². The van der Waals surface area contributed by atoms with Crippen molar-refractivity contribution in [3.8, 4) is 12.1 Å². The Hall–Kier alpha value is -3.76. The summed E-state index contributed by atoms with van der Waals surface area (Å²) in [6.07, 6.45) is 9.20. The van der Waals surface area contributed by atoms with Gasteiger partial charge in [-0.25, -0.2) is 0 Å². The fraction of sp³-hybridized carbons (Fsp3) is 0.528. The molecule has 3 heterocycles. The molecule has 0 radical (unpaired) electrons. The number of amides is 1. The second-order valence-corrected chi connectivity index (χ2v) is 12.8. The number of fused-ring (bicyclic) bond motifs is 1. The van der Waals surface area contributed by atoms with E-state index < -0.39 is 0 Å². The number of carbonyl (C=O) groups is 1. The molecule has 10 heteroatoms. The van der Waals surface area contributed by atoms with Gasteiger partial charge in [0.2, 0.25) is 0 Å². The van der Waals surface area contributed by atoms with Crippen molar-refractivity contribution in [1.82, 2.24) is 10.3 Å². The molecule has 3 aromatic rings. The zero-order chi connectivity index (χ0) is 32.5. The fourth-order valence-corrected chi connectivity index (χ4v) is 6.80. The van der Waals surface area contributed by atoms with Crippen molar-refractivity contribution in [2.45, 2.75) is 77.5 Å². The van der Waals surface area contributed by atoms with Gasteiger partial charge in [0, 0.05) is 68.5 Å². The summed E-state index contributed by atoms with van der Waals surface area (Å²) in [7, 11) is 0.